The second-order valence-corrected chi connectivity index (χ2v) is 5.96. The molecule has 1 aliphatic rings. The van der Waals surface area contributed by atoms with Crippen LogP contribution in [0.3, 0.4) is 0 Å². The smallest absolute Gasteiger partial charge is 0.335 e. The molecule has 0 saturated carbocycles. The van der Waals surface area contributed by atoms with E-state index in [0.29, 0.717) is 12.1 Å². The van der Waals surface area contributed by atoms with Crippen molar-refractivity contribution < 1.29 is 27.1 Å². The van der Waals surface area contributed by atoms with Gasteiger partial charge in [0.15, 0.2) is 9.84 Å². The molecule has 102 valence electrons. The number of anilines is 1. The number of nitrogens with one attached hydrogen (secondary N) is 1. The van der Waals surface area contributed by atoms with Gasteiger partial charge in [-0.15, -0.1) is 0 Å². The number of hydrogen-bond acceptors (Lipinski definition) is 4. The highest BCUT2D eigenvalue weighted by Gasteiger charge is 2.24. The number of carboxylic acid groups (broad SMARTS) is 1. The lowest BCUT2D eigenvalue weighted by molar-refractivity contribution is 0.0696. The Balaban J connectivity index is 2.27. The molecule has 0 radical (unpaired) electrons. The molecule has 0 amide bonds. The predicted molar refractivity (Wildman–Crippen MR) is 63.7 cm³/mol. The Morgan fingerprint density at radius 2 is 1.89 bits per heavy atom. The Morgan fingerprint density at radius 3 is 2.32 bits per heavy atom. The Morgan fingerprint density at radius 1 is 1.32 bits per heavy atom. The van der Waals surface area contributed by atoms with E-state index in [1.54, 1.807) is 0 Å². The number of hydrogen-bond donors (Lipinski definition) is 2. The van der Waals surface area contributed by atoms with Crippen LogP contribution >= 0.6 is 0 Å². The number of halogens is 2. The van der Waals surface area contributed by atoms with E-state index in [-0.39, 0.29) is 5.75 Å². The van der Waals surface area contributed by atoms with Gasteiger partial charge in [0.25, 0.3) is 0 Å². The summed E-state index contributed by atoms with van der Waals surface area (Å²) >= 11 is 0. The van der Waals surface area contributed by atoms with Crippen LogP contribution in [0.25, 0.3) is 0 Å². The molecular formula is C11H9F2NO4S. The molecule has 1 heterocycles. The highest BCUT2D eigenvalue weighted by atomic mass is 32.2. The first-order chi connectivity index (χ1) is 8.78. The lowest BCUT2D eigenvalue weighted by Gasteiger charge is -2.13. The van der Waals surface area contributed by atoms with E-state index in [1.165, 1.54) is 6.08 Å². The maximum absolute atomic E-state index is 13.6. The van der Waals surface area contributed by atoms with Crippen LogP contribution in [0.2, 0.25) is 0 Å². The molecule has 0 saturated heterocycles. The molecule has 1 aromatic carbocycles. The monoisotopic (exact) mass is 289 g/mol. The third-order valence-corrected chi connectivity index (χ3v) is 3.94. The van der Waals surface area contributed by atoms with Crippen LogP contribution in [0.5, 0.6) is 0 Å². The van der Waals surface area contributed by atoms with E-state index >= 15 is 0 Å². The lowest BCUT2D eigenvalue weighted by atomic mass is 10.1. The summed E-state index contributed by atoms with van der Waals surface area (Å²) < 4.78 is 49.5. The molecule has 19 heavy (non-hydrogen) atoms. The van der Waals surface area contributed by atoms with Crippen LogP contribution in [0.4, 0.5) is 14.5 Å². The molecule has 0 bridgehead atoms. The molecule has 1 atom stereocenters. The summed E-state index contributed by atoms with van der Waals surface area (Å²) in [5, 5.41) is 12.0. The van der Waals surface area contributed by atoms with Crippen LogP contribution in [-0.4, -0.2) is 31.3 Å². The molecule has 1 aliphatic heterocycles. The highest BCUT2D eigenvalue weighted by molar-refractivity contribution is 7.94. The van der Waals surface area contributed by atoms with Gasteiger partial charge in [0.2, 0.25) is 0 Å². The van der Waals surface area contributed by atoms with Crippen LogP contribution in [0.15, 0.2) is 23.6 Å². The van der Waals surface area contributed by atoms with Crippen LogP contribution in [0.1, 0.15) is 10.4 Å². The summed E-state index contributed by atoms with van der Waals surface area (Å²) in [6, 6.07) is 0.589. The fourth-order valence-corrected chi connectivity index (χ4v) is 2.92. The van der Waals surface area contributed by atoms with Gasteiger partial charge < -0.3 is 10.4 Å². The van der Waals surface area contributed by atoms with Gasteiger partial charge in [0.1, 0.15) is 17.3 Å². The fraction of sp³-hybridized carbons (Fsp3) is 0.182. The third-order valence-electron chi connectivity index (χ3n) is 2.55. The van der Waals surface area contributed by atoms with Crippen LogP contribution < -0.4 is 5.32 Å². The highest BCUT2D eigenvalue weighted by Crippen LogP contribution is 2.23. The summed E-state index contributed by atoms with van der Waals surface area (Å²) in [6.45, 7) is 0. The summed E-state index contributed by atoms with van der Waals surface area (Å²) in [5.41, 5.74) is -1.06. The minimum atomic E-state index is -3.34. The number of sulfone groups is 1. The van der Waals surface area contributed by atoms with Gasteiger partial charge in [-0.05, 0) is 12.1 Å². The van der Waals surface area contributed by atoms with Gasteiger partial charge in [0.05, 0.1) is 17.4 Å². The molecule has 8 heteroatoms. The summed E-state index contributed by atoms with van der Waals surface area (Å²) in [7, 11) is -3.34. The van der Waals surface area contributed by atoms with Crippen molar-refractivity contribution in [2.75, 3.05) is 11.1 Å². The van der Waals surface area contributed by atoms with Crippen molar-refractivity contribution in [1.82, 2.24) is 0 Å². The Labute approximate surface area is 107 Å². The van der Waals surface area contributed by atoms with Crippen molar-refractivity contribution in [3.63, 3.8) is 0 Å². The van der Waals surface area contributed by atoms with E-state index in [4.69, 9.17) is 5.11 Å². The van der Waals surface area contributed by atoms with Crippen molar-refractivity contribution >= 4 is 21.5 Å². The van der Waals surface area contributed by atoms with Crippen molar-refractivity contribution in [3.8, 4) is 0 Å². The fourth-order valence-electron chi connectivity index (χ4n) is 1.69. The van der Waals surface area contributed by atoms with Crippen molar-refractivity contribution in [3.05, 3.63) is 40.8 Å². The largest absolute Gasteiger partial charge is 0.478 e. The van der Waals surface area contributed by atoms with Gasteiger partial charge in [-0.2, -0.15) is 0 Å². The Bertz CT molecular complexity index is 646. The topological polar surface area (TPSA) is 83.5 Å². The van der Waals surface area contributed by atoms with Gasteiger partial charge in [0, 0.05) is 5.41 Å². The van der Waals surface area contributed by atoms with Crippen LogP contribution in [-0.2, 0) is 9.84 Å². The number of carboxylic acids is 1. The predicted octanol–water partition coefficient (Wildman–Crippen LogP) is 1.39. The minimum Gasteiger partial charge on any atom is -0.478 e. The second-order valence-electron chi connectivity index (χ2n) is 4.03. The summed E-state index contributed by atoms with van der Waals surface area (Å²) in [6.07, 6.45) is 1.28. The zero-order valence-electron chi connectivity index (χ0n) is 9.43. The molecule has 5 nitrogen and oxygen atoms in total. The third kappa shape index (κ3) is 2.90. The maximum atomic E-state index is 13.6. The average Bonchev–Trinajstić information content (AvgIpc) is 2.63. The summed E-state index contributed by atoms with van der Waals surface area (Å²) in [4.78, 5) is 10.6. The van der Waals surface area contributed by atoms with E-state index < -0.39 is 44.7 Å². The van der Waals surface area contributed by atoms with Gasteiger partial charge in [-0.3, -0.25) is 0 Å². The maximum Gasteiger partial charge on any atom is 0.335 e. The van der Waals surface area contributed by atoms with E-state index in [2.05, 4.69) is 5.32 Å². The zero-order chi connectivity index (χ0) is 14.2. The average molecular weight is 289 g/mol. The number of benzene rings is 1. The van der Waals surface area contributed by atoms with E-state index in [1.807, 2.05) is 0 Å². The van der Waals surface area contributed by atoms with Crippen molar-refractivity contribution in [1.29, 1.82) is 0 Å². The number of rotatable bonds is 3. The van der Waals surface area contributed by atoms with Gasteiger partial charge in [-0.1, -0.05) is 6.08 Å². The van der Waals surface area contributed by atoms with Crippen molar-refractivity contribution in [2.45, 2.75) is 6.04 Å². The van der Waals surface area contributed by atoms with Gasteiger partial charge in [-0.25, -0.2) is 22.0 Å². The molecule has 0 spiro atoms. The molecule has 2 rings (SSSR count). The normalized spacial score (nSPS) is 20.4. The van der Waals surface area contributed by atoms with E-state index in [0.717, 1.165) is 5.41 Å². The zero-order valence-corrected chi connectivity index (χ0v) is 10.2. The molecule has 0 aliphatic carbocycles. The second kappa shape index (κ2) is 4.61. The van der Waals surface area contributed by atoms with Crippen molar-refractivity contribution in [2.24, 2.45) is 0 Å². The molecular weight excluding hydrogens is 280 g/mol. The standard InChI is InChI=1S/C11H9F2NO4S/c12-8-3-6(11(15)16)4-9(13)10(8)14-7-1-2-19(17,18)5-7/h1-4,7,14H,5H2,(H,15,16). The number of carbonyl (C=O) groups is 1. The first-order valence-corrected chi connectivity index (χ1v) is 6.90. The first-order valence-electron chi connectivity index (χ1n) is 5.18. The van der Waals surface area contributed by atoms with E-state index in [9.17, 15) is 22.0 Å². The number of aromatic carboxylic acids is 1. The lowest BCUT2D eigenvalue weighted by Crippen LogP contribution is -2.22. The summed E-state index contributed by atoms with van der Waals surface area (Å²) in [5.74, 6) is -3.93. The van der Waals surface area contributed by atoms with Crippen LogP contribution in [0, 0.1) is 11.6 Å². The molecule has 0 fully saturated rings. The molecule has 1 unspecified atom stereocenters. The quantitative estimate of drug-likeness (QED) is 0.878. The Hall–Kier alpha value is -1.96. The van der Waals surface area contributed by atoms with Gasteiger partial charge >= 0.3 is 5.97 Å². The minimum absolute atomic E-state index is 0.299. The Kier molecular flexibility index (Phi) is 3.27. The molecule has 0 aromatic heterocycles. The molecule has 1 aromatic rings. The molecule has 2 N–H and O–H groups in total. The first kappa shape index (κ1) is 13.5. The SMILES string of the molecule is O=C(O)c1cc(F)c(NC2C=CS(=O)(=O)C2)c(F)c1.